The first-order valence-electron chi connectivity index (χ1n) is 3.13. The molecule has 0 unspecified atom stereocenters. The van der Waals surface area contributed by atoms with Crippen LogP contribution in [0.2, 0.25) is 0 Å². The smallest absolute Gasteiger partial charge is 0.323 e. The molecule has 0 spiro atoms. The van der Waals surface area contributed by atoms with E-state index in [2.05, 4.69) is 0 Å². The van der Waals surface area contributed by atoms with Crippen molar-refractivity contribution in [3.05, 3.63) is 0 Å². The van der Waals surface area contributed by atoms with E-state index in [-0.39, 0.29) is 6.61 Å². The fraction of sp³-hybridized carbons (Fsp3) is 0.667. The fourth-order valence-corrected chi connectivity index (χ4v) is 0.496. The van der Waals surface area contributed by atoms with Crippen molar-refractivity contribution in [2.75, 3.05) is 6.61 Å². The van der Waals surface area contributed by atoms with Crippen LogP contribution in [0.3, 0.4) is 0 Å². The number of nitrogens with two attached hydrogens (primary N) is 1. The van der Waals surface area contributed by atoms with Crippen LogP contribution in [-0.2, 0) is 14.3 Å². The molecule has 0 bridgehead atoms. The largest absolute Gasteiger partial charge is 0.480 e. The monoisotopic (exact) mass is 161 g/mol. The Morgan fingerprint density at radius 2 is 2.36 bits per heavy atom. The van der Waals surface area contributed by atoms with Crippen molar-refractivity contribution in [1.29, 1.82) is 0 Å². The van der Waals surface area contributed by atoms with E-state index >= 15 is 0 Å². The van der Waals surface area contributed by atoms with Gasteiger partial charge in [-0.05, 0) is 6.92 Å². The number of rotatable bonds is 5. The molecule has 11 heavy (non-hydrogen) atoms. The van der Waals surface area contributed by atoms with Crippen LogP contribution in [0, 0.1) is 0 Å². The van der Waals surface area contributed by atoms with E-state index < -0.39 is 18.1 Å². The lowest BCUT2D eigenvalue weighted by Gasteiger charge is -2.14. The van der Waals surface area contributed by atoms with Crippen molar-refractivity contribution in [3.63, 3.8) is 0 Å². The molecule has 0 aliphatic heterocycles. The first kappa shape index (κ1) is 10.1. The van der Waals surface area contributed by atoms with Gasteiger partial charge in [0, 0.05) is 0 Å². The highest BCUT2D eigenvalue weighted by atomic mass is 16.5. The highest BCUT2D eigenvalue weighted by molar-refractivity contribution is 5.73. The van der Waals surface area contributed by atoms with Crippen molar-refractivity contribution in [1.82, 2.24) is 0 Å². The quantitative estimate of drug-likeness (QED) is 0.505. The topological polar surface area (TPSA) is 89.6 Å². The van der Waals surface area contributed by atoms with Crippen molar-refractivity contribution < 1.29 is 19.4 Å². The van der Waals surface area contributed by atoms with Gasteiger partial charge < -0.3 is 20.4 Å². The Kier molecular flexibility index (Phi) is 4.40. The van der Waals surface area contributed by atoms with Gasteiger partial charge in [0.15, 0.2) is 0 Å². The third kappa shape index (κ3) is 3.69. The number of hydrogen-bond donors (Lipinski definition) is 2. The van der Waals surface area contributed by atoms with Crippen LogP contribution in [0.1, 0.15) is 6.92 Å². The summed E-state index contributed by atoms with van der Waals surface area (Å²) in [6.07, 6.45) is -0.0943. The van der Waals surface area contributed by atoms with Crippen molar-refractivity contribution in [3.8, 4) is 0 Å². The van der Waals surface area contributed by atoms with Crippen molar-refractivity contribution in [2.24, 2.45) is 5.73 Å². The predicted molar refractivity (Wildman–Crippen MR) is 37.1 cm³/mol. The molecule has 0 amide bonds. The Labute approximate surface area is 64.1 Å². The van der Waals surface area contributed by atoms with Crippen molar-refractivity contribution in [2.45, 2.75) is 19.1 Å². The maximum Gasteiger partial charge on any atom is 0.323 e. The van der Waals surface area contributed by atoms with Gasteiger partial charge in [-0.2, -0.15) is 0 Å². The molecule has 64 valence electrons. The third-order valence-corrected chi connectivity index (χ3v) is 1.22. The van der Waals surface area contributed by atoms with E-state index in [1.54, 1.807) is 0 Å². The maximum absolute atomic E-state index is 10.2. The first-order chi connectivity index (χ1) is 5.09. The molecule has 0 aliphatic rings. The molecule has 5 heteroatoms. The summed E-state index contributed by atoms with van der Waals surface area (Å²) in [7, 11) is 0. The zero-order valence-corrected chi connectivity index (χ0v) is 6.19. The molecule has 0 fully saturated rings. The van der Waals surface area contributed by atoms with Gasteiger partial charge in [-0.15, -0.1) is 0 Å². The second-order valence-electron chi connectivity index (χ2n) is 2.07. The van der Waals surface area contributed by atoms with Gasteiger partial charge in [-0.3, -0.25) is 4.79 Å². The molecule has 3 N–H and O–H groups in total. The minimum Gasteiger partial charge on any atom is -0.480 e. The molecule has 0 saturated heterocycles. The average Bonchev–Trinajstić information content (AvgIpc) is 1.98. The van der Waals surface area contributed by atoms with E-state index in [0.717, 1.165) is 0 Å². The Balaban J connectivity index is 3.72. The summed E-state index contributed by atoms with van der Waals surface area (Å²) in [4.78, 5) is 20.0. The van der Waals surface area contributed by atoms with Crippen LogP contribution in [0.25, 0.3) is 0 Å². The molecular weight excluding hydrogens is 150 g/mol. The van der Waals surface area contributed by atoms with E-state index in [4.69, 9.17) is 15.6 Å². The number of ether oxygens (including phenoxy) is 1. The van der Waals surface area contributed by atoms with Gasteiger partial charge >= 0.3 is 5.97 Å². The minimum atomic E-state index is -1.14. The lowest BCUT2D eigenvalue weighted by Crippen LogP contribution is -2.41. The summed E-state index contributed by atoms with van der Waals surface area (Å²) < 4.78 is 4.74. The molecule has 0 aromatic heterocycles. The molecule has 0 rings (SSSR count). The molecule has 0 saturated carbocycles. The van der Waals surface area contributed by atoms with E-state index in [1.807, 2.05) is 0 Å². The lowest BCUT2D eigenvalue weighted by atomic mass is 10.2. The Morgan fingerprint density at radius 3 is 2.73 bits per heavy atom. The minimum absolute atomic E-state index is 0.123. The summed E-state index contributed by atoms with van der Waals surface area (Å²) in [6.45, 7) is 1.38. The Hall–Kier alpha value is -0.940. The molecular formula is C6H11NO4. The second kappa shape index (κ2) is 4.81. The zero-order chi connectivity index (χ0) is 8.85. The van der Waals surface area contributed by atoms with Crippen LogP contribution in [0.4, 0.5) is 0 Å². The van der Waals surface area contributed by atoms with Crippen LogP contribution in [-0.4, -0.2) is 36.1 Å². The summed E-state index contributed by atoms with van der Waals surface area (Å²) in [5.74, 6) is -1.14. The molecule has 5 nitrogen and oxygen atoms in total. The molecule has 0 heterocycles. The van der Waals surface area contributed by atoms with Crippen LogP contribution in [0.5, 0.6) is 0 Å². The SMILES string of the molecule is C[C@@H](OCC=O)[C@H](N)C(=O)O. The van der Waals surface area contributed by atoms with Gasteiger partial charge in [0.05, 0.1) is 6.10 Å². The van der Waals surface area contributed by atoms with Crippen molar-refractivity contribution >= 4 is 12.3 Å². The molecule has 2 atom stereocenters. The van der Waals surface area contributed by atoms with Gasteiger partial charge in [-0.1, -0.05) is 0 Å². The third-order valence-electron chi connectivity index (χ3n) is 1.22. The first-order valence-corrected chi connectivity index (χ1v) is 3.13. The summed E-state index contributed by atoms with van der Waals surface area (Å²) >= 11 is 0. The number of hydrogen-bond acceptors (Lipinski definition) is 4. The molecule has 0 radical (unpaired) electrons. The second-order valence-corrected chi connectivity index (χ2v) is 2.07. The zero-order valence-electron chi connectivity index (χ0n) is 6.19. The molecule has 0 aromatic rings. The lowest BCUT2D eigenvalue weighted by molar-refractivity contribution is -0.142. The summed E-state index contributed by atoms with van der Waals surface area (Å²) in [5.41, 5.74) is 5.16. The highest BCUT2D eigenvalue weighted by Gasteiger charge is 2.19. The normalized spacial score (nSPS) is 15.5. The summed E-state index contributed by atoms with van der Waals surface area (Å²) in [5, 5.41) is 8.36. The average molecular weight is 161 g/mol. The van der Waals surface area contributed by atoms with Crippen LogP contribution in [0.15, 0.2) is 0 Å². The Morgan fingerprint density at radius 1 is 1.82 bits per heavy atom. The van der Waals surface area contributed by atoms with E-state index in [9.17, 15) is 9.59 Å². The van der Waals surface area contributed by atoms with E-state index in [0.29, 0.717) is 6.29 Å². The summed E-state index contributed by atoms with van der Waals surface area (Å²) in [6, 6.07) is -1.07. The highest BCUT2D eigenvalue weighted by Crippen LogP contribution is 1.94. The maximum atomic E-state index is 10.2. The molecule has 0 aromatic carbocycles. The van der Waals surface area contributed by atoms with Gasteiger partial charge in [0.25, 0.3) is 0 Å². The number of carbonyl (C=O) groups excluding carboxylic acids is 1. The number of aldehydes is 1. The van der Waals surface area contributed by atoms with Gasteiger partial charge in [-0.25, -0.2) is 0 Å². The number of aliphatic carboxylic acids is 1. The fourth-order valence-electron chi connectivity index (χ4n) is 0.496. The van der Waals surface area contributed by atoms with Crippen LogP contribution >= 0.6 is 0 Å². The standard InChI is InChI=1S/C6H11NO4/c1-4(11-3-2-8)5(7)6(9)10/h2,4-5H,3,7H2,1H3,(H,9,10)/t4-,5+/m1/s1. The van der Waals surface area contributed by atoms with Gasteiger partial charge in [0.1, 0.15) is 18.9 Å². The number of carboxylic acids is 1. The Bertz CT molecular complexity index is 148. The molecule has 0 aliphatic carbocycles. The number of carbonyl (C=O) groups is 2. The van der Waals surface area contributed by atoms with Crippen LogP contribution < -0.4 is 5.73 Å². The van der Waals surface area contributed by atoms with Gasteiger partial charge in [0.2, 0.25) is 0 Å². The van der Waals surface area contributed by atoms with E-state index in [1.165, 1.54) is 6.92 Å². The predicted octanol–water partition coefficient (Wildman–Crippen LogP) is -0.998. The number of carboxylic acid groups (broad SMARTS) is 1.